The number of phenolic OH excluding ortho intramolecular Hbond substituents is 5. The van der Waals surface area contributed by atoms with Crippen LogP contribution in [0.2, 0.25) is 0 Å². The summed E-state index contributed by atoms with van der Waals surface area (Å²) in [5.74, 6) is 1.27. The van der Waals surface area contributed by atoms with Crippen LogP contribution in [0.15, 0.2) is 131 Å². The fraction of sp³-hybridized carbons (Fsp3) is 0.211. The number of azo groups is 1. The van der Waals surface area contributed by atoms with E-state index in [9.17, 15) is 15.3 Å². The Hall–Kier alpha value is -4.72. The molecule has 0 atom stereocenters. The zero-order chi connectivity index (χ0) is 38.6. The summed E-state index contributed by atoms with van der Waals surface area (Å²) in [6, 6.07) is 31.5. The van der Waals surface area contributed by atoms with Crippen LogP contribution in [0.1, 0.15) is 52.7 Å². The number of nitrogens with zero attached hydrogens (tertiary/aromatic N) is 5. The van der Waals surface area contributed by atoms with Crippen molar-refractivity contribution in [2.45, 2.75) is 52.4 Å². The van der Waals surface area contributed by atoms with Crippen LogP contribution in [0.5, 0.6) is 28.7 Å². The number of para-hydroxylation sites is 1. The number of aromatic hydroxyl groups is 5. The Morgan fingerprint density at radius 2 is 0.963 bits per heavy atom. The van der Waals surface area contributed by atoms with Crippen LogP contribution in [0.3, 0.4) is 0 Å². The summed E-state index contributed by atoms with van der Waals surface area (Å²) in [5, 5.41) is 71.4. The molecule has 0 amide bonds. The second kappa shape index (κ2) is 27.0. The number of nitrogen functional groups attached to an aromatic ring is 1. The molecule has 276 valence electrons. The van der Waals surface area contributed by atoms with Crippen molar-refractivity contribution in [1.29, 1.82) is 5.39 Å². The van der Waals surface area contributed by atoms with E-state index in [1.165, 1.54) is 24.3 Å². The summed E-state index contributed by atoms with van der Waals surface area (Å²) in [6.07, 6.45) is 0. The Kier molecular flexibility index (Phi) is 26.8. The minimum absolute atomic E-state index is 0. The molecule has 0 radical (unpaired) electrons. The smallest absolute Gasteiger partial charge is 0.870 e. The topological polar surface area (TPSA) is 263 Å². The van der Waals surface area contributed by atoms with E-state index in [0.717, 1.165) is 16.5 Å². The van der Waals surface area contributed by atoms with Crippen LogP contribution in [-0.4, -0.2) is 31.0 Å². The monoisotopic (exact) mass is 759 g/mol. The summed E-state index contributed by atoms with van der Waals surface area (Å²) >= 11 is 0. The van der Waals surface area contributed by atoms with E-state index in [0.29, 0.717) is 28.5 Å². The molecule has 5 rings (SSSR count). The average molecular weight is 760 g/mol. The standard InChI is InChI=1S/C16H18N2O2.C10H14O.C6H4N2O.C6H7NO.HNO2.2Na.H2O/c1-16(2,3)14-10-12(6-9-15(14)20)18-17-11-4-7-13(19)8-5-11;1-10(2,3)8-6-4-5-7-9(8)11;7-8-5-1-3-6(9)4-2-5;7-5-1-3-6(8)4-2-5;2-1-3;;;/h4-10,19-20H,1-3H3;4-7,11H,1-3H3;1-4H;1-4,8H,7H2;(H,2,3);;;1H2/q;;;;;2*+1;/p-1. The van der Waals surface area contributed by atoms with Gasteiger partial charge in [-0.3, -0.25) is 0 Å². The second-order valence-electron chi connectivity index (χ2n) is 12.7. The summed E-state index contributed by atoms with van der Waals surface area (Å²) in [5.41, 5.74) is 9.47. The first-order valence-corrected chi connectivity index (χ1v) is 15.4. The molecular weight excluding hydrogens is 714 g/mol. The maximum atomic E-state index is 9.89. The van der Waals surface area contributed by atoms with Gasteiger partial charge in [0.2, 0.25) is 5.39 Å². The molecule has 16 heteroatoms. The first-order chi connectivity index (χ1) is 23.9. The number of hydrogen-bond donors (Lipinski definition) is 6. The van der Waals surface area contributed by atoms with Gasteiger partial charge >= 0.3 is 64.8 Å². The van der Waals surface area contributed by atoms with E-state index in [1.807, 2.05) is 45.0 Å². The molecular formula is C38H45N6Na2O8+. The third-order valence-electron chi connectivity index (χ3n) is 6.49. The van der Waals surface area contributed by atoms with E-state index >= 15 is 0 Å². The molecule has 0 unspecified atom stereocenters. The zero-order valence-electron chi connectivity index (χ0n) is 31.8. The molecule has 0 spiro atoms. The molecule has 14 nitrogen and oxygen atoms in total. The minimum Gasteiger partial charge on any atom is -0.870 e. The van der Waals surface area contributed by atoms with Crippen LogP contribution in [0.4, 0.5) is 22.7 Å². The van der Waals surface area contributed by atoms with Gasteiger partial charge in [0.25, 0.3) is 0 Å². The van der Waals surface area contributed by atoms with Crippen molar-refractivity contribution in [2.24, 2.45) is 15.6 Å². The maximum absolute atomic E-state index is 9.89. The largest absolute Gasteiger partial charge is 1.00 e. The number of nitrogens with two attached hydrogens (primary N) is 1. The van der Waals surface area contributed by atoms with E-state index in [1.54, 1.807) is 66.7 Å². The van der Waals surface area contributed by atoms with Crippen LogP contribution in [0.25, 0.3) is 4.98 Å². The van der Waals surface area contributed by atoms with Crippen molar-refractivity contribution in [3.05, 3.63) is 141 Å². The Morgan fingerprint density at radius 1 is 0.593 bits per heavy atom. The molecule has 0 aliphatic heterocycles. The molecule has 0 aliphatic rings. The van der Waals surface area contributed by atoms with Gasteiger partial charge < -0.3 is 46.9 Å². The molecule has 5 aromatic rings. The number of hydrogen-bond acceptors (Lipinski definition) is 13. The fourth-order valence-corrected chi connectivity index (χ4v) is 3.92. The zero-order valence-corrected chi connectivity index (χ0v) is 35.8. The Balaban J connectivity index is -0.000000656. The van der Waals surface area contributed by atoms with E-state index in [4.69, 9.17) is 31.5 Å². The van der Waals surface area contributed by atoms with Crippen molar-refractivity contribution in [2.75, 3.05) is 5.73 Å². The van der Waals surface area contributed by atoms with Gasteiger partial charge in [-0.15, -0.1) is 5.34 Å². The van der Waals surface area contributed by atoms with Gasteiger partial charge in [-0.2, -0.15) is 10.2 Å². The summed E-state index contributed by atoms with van der Waals surface area (Å²) in [6.45, 7) is 12.3. The number of benzene rings is 5. The first kappa shape index (κ1) is 53.6. The van der Waals surface area contributed by atoms with Crippen LogP contribution in [-0.2, 0) is 10.8 Å². The predicted molar refractivity (Wildman–Crippen MR) is 202 cm³/mol. The van der Waals surface area contributed by atoms with E-state index < -0.39 is 0 Å². The third kappa shape index (κ3) is 21.7. The molecule has 54 heavy (non-hydrogen) atoms. The molecule has 0 saturated carbocycles. The number of phenols is 5. The predicted octanol–water partition coefficient (Wildman–Crippen LogP) is 4.43. The van der Waals surface area contributed by atoms with Crippen molar-refractivity contribution < 1.29 is 90.1 Å². The van der Waals surface area contributed by atoms with Gasteiger partial charge in [0.1, 0.15) is 28.7 Å². The number of anilines is 1. The van der Waals surface area contributed by atoms with Crippen LogP contribution >= 0.6 is 0 Å². The Bertz CT molecular complexity index is 1840. The average Bonchev–Trinajstić information content (AvgIpc) is 3.07. The molecule has 0 aliphatic carbocycles. The first-order valence-electron chi connectivity index (χ1n) is 15.4. The minimum atomic E-state index is -0.159. The molecule has 5 aromatic carbocycles. The van der Waals surface area contributed by atoms with Crippen molar-refractivity contribution in [3.63, 3.8) is 0 Å². The maximum Gasteiger partial charge on any atom is 1.00 e. The van der Waals surface area contributed by atoms with Gasteiger partial charge in [0, 0.05) is 23.4 Å². The van der Waals surface area contributed by atoms with Gasteiger partial charge in [-0.25, -0.2) is 0 Å². The molecule has 0 fully saturated rings. The van der Waals surface area contributed by atoms with Gasteiger partial charge in [0.15, 0.2) is 4.98 Å². The van der Waals surface area contributed by atoms with Crippen molar-refractivity contribution >= 4 is 22.7 Å². The van der Waals surface area contributed by atoms with Crippen molar-refractivity contribution in [1.82, 2.24) is 0 Å². The van der Waals surface area contributed by atoms with Crippen molar-refractivity contribution in [3.8, 4) is 28.7 Å². The molecule has 0 heterocycles. The normalized spacial score (nSPS) is 9.72. The SMILES string of the molecule is CC(C)(C)c1cc(N=Nc2ccc(O)cc2)ccc1O.CC(C)(C)c1ccccc1O.N#[N+]c1ccc(O)cc1.Nc1ccc(O)cc1.O=N[O-].[Na+].[Na+].[OH-]. The Labute approximate surface area is 359 Å². The summed E-state index contributed by atoms with van der Waals surface area (Å²) in [7, 11) is 0. The van der Waals surface area contributed by atoms with Gasteiger partial charge in [-0.05, 0) is 101 Å². The van der Waals surface area contributed by atoms with E-state index in [2.05, 4.69) is 36.0 Å². The third-order valence-corrected chi connectivity index (χ3v) is 6.49. The van der Waals surface area contributed by atoms with Crippen LogP contribution < -0.4 is 64.8 Å². The molecule has 0 bridgehead atoms. The summed E-state index contributed by atoms with van der Waals surface area (Å²) < 4.78 is 0. The van der Waals surface area contributed by atoms with E-state index in [-0.39, 0.29) is 98.4 Å². The molecule has 0 saturated heterocycles. The summed E-state index contributed by atoms with van der Waals surface area (Å²) in [4.78, 5) is 10.9. The Morgan fingerprint density at radius 3 is 1.35 bits per heavy atom. The van der Waals surface area contributed by atoms with Gasteiger partial charge in [-0.1, -0.05) is 59.7 Å². The molecule has 0 aromatic heterocycles. The number of rotatable bonds is 2. The quantitative estimate of drug-likeness (QED) is 0.0280. The number of diazo groups is 1. The van der Waals surface area contributed by atoms with Gasteiger partial charge in [0.05, 0.1) is 11.4 Å². The fourth-order valence-electron chi connectivity index (χ4n) is 3.92. The van der Waals surface area contributed by atoms with Crippen LogP contribution in [0, 0.1) is 15.5 Å². The second-order valence-corrected chi connectivity index (χ2v) is 12.7. The molecule has 8 N–H and O–H groups in total.